The van der Waals surface area contributed by atoms with E-state index in [0.717, 1.165) is 11.5 Å². The van der Waals surface area contributed by atoms with Crippen LogP contribution in [-0.4, -0.2) is 23.2 Å². The third kappa shape index (κ3) is 2.99. The first-order valence-electron chi connectivity index (χ1n) is 4.24. The zero-order valence-corrected chi connectivity index (χ0v) is 8.24. The summed E-state index contributed by atoms with van der Waals surface area (Å²) in [5.74, 6) is 1.26. The molecule has 1 aromatic heterocycles. The molecule has 0 aliphatic carbocycles. The monoisotopic (exact) mass is 181 g/mol. The third-order valence-corrected chi connectivity index (χ3v) is 1.79. The van der Waals surface area contributed by atoms with E-state index in [1.807, 2.05) is 13.8 Å². The van der Waals surface area contributed by atoms with Crippen LogP contribution in [-0.2, 0) is 11.2 Å². The van der Waals surface area contributed by atoms with E-state index in [1.165, 1.54) is 0 Å². The zero-order valence-electron chi connectivity index (χ0n) is 8.24. The van der Waals surface area contributed by atoms with Gasteiger partial charge in [0.15, 0.2) is 0 Å². The molecule has 2 N–H and O–H groups in total. The van der Waals surface area contributed by atoms with Crippen molar-refractivity contribution < 1.29 is 4.74 Å². The molecule has 0 fully saturated rings. The van der Waals surface area contributed by atoms with E-state index < -0.39 is 0 Å². The maximum absolute atomic E-state index is 5.58. The molecule has 13 heavy (non-hydrogen) atoms. The van der Waals surface area contributed by atoms with Crippen molar-refractivity contribution in [3.63, 3.8) is 0 Å². The predicted octanol–water partition coefficient (Wildman–Crippen LogP) is 0.945. The van der Waals surface area contributed by atoms with Crippen LogP contribution in [0.25, 0.3) is 0 Å². The van der Waals surface area contributed by atoms with Crippen LogP contribution < -0.4 is 5.73 Å². The van der Waals surface area contributed by atoms with E-state index in [2.05, 4.69) is 9.97 Å². The van der Waals surface area contributed by atoms with Crippen LogP contribution in [0.5, 0.6) is 0 Å². The minimum atomic E-state index is 0.126. The molecule has 0 aliphatic rings. The first-order chi connectivity index (χ1) is 6.11. The van der Waals surface area contributed by atoms with E-state index in [4.69, 9.17) is 10.5 Å². The highest BCUT2D eigenvalue weighted by molar-refractivity contribution is 5.29. The molecule has 0 radical (unpaired) electrons. The first kappa shape index (κ1) is 9.92. The van der Waals surface area contributed by atoms with E-state index in [0.29, 0.717) is 12.2 Å². The van der Waals surface area contributed by atoms with Crippen LogP contribution in [0.3, 0.4) is 0 Å². The van der Waals surface area contributed by atoms with Crippen molar-refractivity contribution >= 4 is 5.82 Å². The summed E-state index contributed by atoms with van der Waals surface area (Å²) in [4.78, 5) is 8.36. The number of nitrogen functional groups attached to an aromatic ring is 1. The average Bonchev–Trinajstić information content (AvgIpc) is 2.02. The maximum Gasteiger partial charge on any atom is 0.133 e. The number of rotatable bonds is 3. The molecule has 0 amide bonds. The van der Waals surface area contributed by atoms with E-state index >= 15 is 0 Å². The predicted molar refractivity (Wildman–Crippen MR) is 51.4 cm³/mol. The lowest BCUT2D eigenvalue weighted by atomic mass is 10.2. The molecule has 72 valence electrons. The van der Waals surface area contributed by atoms with Crippen LogP contribution in [0.1, 0.15) is 18.4 Å². The smallest absolute Gasteiger partial charge is 0.133 e. The summed E-state index contributed by atoms with van der Waals surface area (Å²) in [6, 6.07) is 1.75. The van der Waals surface area contributed by atoms with Crippen LogP contribution in [0.15, 0.2) is 6.07 Å². The molecule has 0 saturated heterocycles. The second kappa shape index (κ2) is 4.18. The van der Waals surface area contributed by atoms with Crippen LogP contribution in [0, 0.1) is 6.92 Å². The van der Waals surface area contributed by atoms with Gasteiger partial charge in [-0.1, -0.05) is 0 Å². The molecule has 0 saturated carbocycles. The molecule has 1 atom stereocenters. The number of aryl methyl sites for hydroxylation is 1. The molecule has 0 bridgehead atoms. The number of ether oxygens (including phenoxy) is 1. The number of aromatic nitrogens is 2. The maximum atomic E-state index is 5.58. The second-order valence-corrected chi connectivity index (χ2v) is 3.10. The van der Waals surface area contributed by atoms with Gasteiger partial charge in [-0.05, 0) is 13.8 Å². The normalized spacial score (nSPS) is 12.8. The Bertz CT molecular complexity index is 268. The number of methoxy groups -OCH3 is 1. The Morgan fingerprint density at radius 2 is 2.23 bits per heavy atom. The van der Waals surface area contributed by atoms with Gasteiger partial charge in [-0.25, -0.2) is 9.97 Å². The van der Waals surface area contributed by atoms with Gasteiger partial charge in [-0.3, -0.25) is 0 Å². The van der Waals surface area contributed by atoms with Crippen LogP contribution in [0.4, 0.5) is 5.82 Å². The fourth-order valence-electron chi connectivity index (χ4n) is 1.09. The SMILES string of the molecule is COC(C)Cc1nc(C)cc(N)n1. The fourth-order valence-corrected chi connectivity index (χ4v) is 1.09. The van der Waals surface area contributed by atoms with Gasteiger partial charge in [-0.2, -0.15) is 0 Å². The van der Waals surface area contributed by atoms with Crippen molar-refractivity contribution in [2.75, 3.05) is 12.8 Å². The highest BCUT2D eigenvalue weighted by Crippen LogP contribution is 2.05. The minimum Gasteiger partial charge on any atom is -0.384 e. The first-order valence-corrected chi connectivity index (χ1v) is 4.24. The Morgan fingerprint density at radius 3 is 2.77 bits per heavy atom. The lowest BCUT2D eigenvalue weighted by Gasteiger charge is -2.08. The molecular weight excluding hydrogens is 166 g/mol. The minimum absolute atomic E-state index is 0.126. The van der Waals surface area contributed by atoms with Gasteiger partial charge >= 0.3 is 0 Å². The summed E-state index contributed by atoms with van der Waals surface area (Å²) in [6.45, 7) is 3.88. The molecular formula is C9H15N3O. The summed E-state index contributed by atoms with van der Waals surface area (Å²) < 4.78 is 5.11. The molecule has 1 unspecified atom stereocenters. The van der Waals surface area contributed by atoms with Crippen LogP contribution >= 0.6 is 0 Å². The topological polar surface area (TPSA) is 61.0 Å². The molecule has 0 aliphatic heterocycles. The highest BCUT2D eigenvalue weighted by Gasteiger charge is 2.05. The van der Waals surface area contributed by atoms with Crippen molar-refractivity contribution in [1.29, 1.82) is 0 Å². The van der Waals surface area contributed by atoms with Gasteiger partial charge in [0.2, 0.25) is 0 Å². The van der Waals surface area contributed by atoms with Crippen molar-refractivity contribution in [3.8, 4) is 0 Å². The lowest BCUT2D eigenvalue weighted by Crippen LogP contribution is -2.12. The molecule has 1 heterocycles. The molecule has 0 aromatic carbocycles. The molecule has 1 rings (SSSR count). The van der Waals surface area contributed by atoms with Gasteiger partial charge in [-0.15, -0.1) is 0 Å². The highest BCUT2D eigenvalue weighted by atomic mass is 16.5. The molecule has 0 spiro atoms. The van der Waals surface area contributed by atoms with Crippen molar-refractivity contribution in [2.45, 2.75) is 26.4 Å². The Morgan fingerprint density at radius 1 is 1.54 bits per heavy atom. The molecule has 4 nitrogen and oxygen atoms in total. The molecule has 4 heteroatoms. The van der Waals surface area contributed by atoms with Gasteiger partial charge in [0.25, 0.3) is 0 Å². The van der Waals surface area contributed by atoms with Crippen LogP contribution in [0.2, 0.25) is 0 Å². The number of nitrogens with two attached hydrogens (primary N) is 1. The summed E-state index contributed by atoms with van der Waals surface area (Å²) in [6.07, 6.45) is 0.823. The van der Waals surface area contributed by atoms with Crippen molar-refractivity contribution in [1.82, 2.24) is 9.97 Å². The standard InChI is InChI=1S/C9H15N3O/c1-6-4-8(10)12-9(11-6)5-7(2)13-3/h4,7H,5H2,1-3H3,(H2,10,11,12). The summed E-state index contributed by atoms with van der Waals surface area (Å²) >= 11 is 0. The van der Waals surface area contributed by atoms with Gasteiger partial charge in [0, 0.05) is 25.3 Å². The number of nitrogens with zero attached hydrogens (tertiary/aromatic N) is 2. The van der Waals surface area contributed by atoms with E-state index in [1.54, 1.807) is 13.2 Å². The van der Waals surface area contributed by atoms with E-state index in [-0.39, 0.29) is 6.10 Å². The van der Waals surface area contributed by atoms with Crippen molar-refractivity contribution in [2.24, 2.45) is 0 Å². The Labute approximate surface area is 78.1 Å². The Balaban J connectivity index is 2.77. The van der Waals surface area contributed by atoms with Gasteiger partial charge < -0.3 is 10.5 Å². The summed E-state index contributed by atoms with van der Waals surface area (Å²) in [7, 11) is 1.67. The molecule has 1 aromatic rings. The quantitative estimate of drug-likeness (QED) is 0.754. The number of anilines is 1. The zero-order chi connectivity index (χ0) is 9.84. The number of hydrogen-bond donors (Lipinski definition) is 1. The number of hydrogen-bond acceptors (Lipinski definition) is 4. The van der Waals surface area contributed by atoms with Crippen molar-refractivity contribution in [3.05, 3.63) is 17.6 Å². The van der Waals surface area contributed by atoms with E-state index in [9.17, 15) is 0 Å². The Kier molecular flexibility index (Phi) is 3.19. The lowest BCUT2D eigenvalue weighted by molar-refractivity contribution is 0.117. The summed E-state index contributed by atoms with van der Waals surface area (Å²) in [5, 5.41) is 0. The third-order valence-electron chi connectivity index (χ3n) is 1.79. The fraction of sp³-hybridized carbons (Fsp3) is 0.556. The second-order valence-electron chi connectivity index (χ2n) is 3.10. The van der Waals surface area contributed by atoms with Gasteiger partial charge in [0.05, 0.1) is 6.10 Å². The Hall–Kier alpha value is -1.16. The largest absolute Gasteiger partial charge is 0.384 e. The average molecular weight is 181 g/mol. The summed E-state index contributed by atoms with van der Waals surface area (Å²) in [5.41, 5.74) is 6.48. The van der Waals surface area contributed by atoms with Gasteiger partial charge in [0.1, 0.15) is 11.6 Å².